The lowest BCUT2D eigenvalue weighted by molar-refractivity contribution is 0.528. The molecule has 0 atom stereocenters. The van der Waals surface area contributed by atoms with Crippen molar-refractivity contribution in [1.29, 1.82) is 0 Å². The average molecular weight is 413 g/mol. The summed E-state index contributed by atoms with van der Waals surface area (Å²) < 4.78 is 28.5. The Morgan fingerprint density at radius 3 is 2.67 bits per heavy atom. The third-order valence-electron chi connectivity index (χ3n) is 3.22. The largest absolute Gasteiger partial charge is 0.310 e. The highest BCUT2D eigenvalue weighted by molar-refractivity contribution is 9.11. The summed E-state index contributed by atoms with van der Waals surface area (Å²) in [5.74, 6) is 2.06. The van der Waals surface area contributed by atoms with Gasteiger partial charge in [0, 0.05) is 23.5 Å². The van der Waals surface area contributed by atoms with Gasteiger partial charge in [0.2, 0.25) is 10.0 Å². The van der Waals surface area contributed by atoms with Crippen molar-refractivity contribution in [3.63, 3.8) is 0 Å². The van der Waals surface area contributed by atoms with Crippen LogP contribution in [0.2, 0.25) is 0 Å². The van der Waals surface area contributed by atoms with Crippen LogP contribution in [-0.4, -0.2) is 32.0 Å². The number of nitrogens with one attached hydrogen (secondary N) is 2. The van der Waals surface area contributed by atoms with Crippen molar-refractivity contribution in [3.8, 4) is 0 Å². The van der Waals surface area contributed by atoms with E-state index in [9.17, 15) is 8.42 Å². The maximum absolute atomic E-state index is 12.5. The zero-order valence-corrected chi connectivity index (χ0v) is 16.2. The normalized spacial score (nSPS) is 17.5. The molecule has 0 amide bonds. The summed E-state index contributed by atoms with van der Waals surface area (Å²) in [6.07, 6.45) is 1.82. The fourth-order valence-electron chi connectivity index (χ4n) is 2.07. The standard InChI is InChI=1S/C13H21BrN2O2S3/c1-9(2)15-8-11-7-12(13(14)20-11)21(17,18)16-10-3-5-19-6-4-10/h7,9-10,15-16H,3-6,8H2,1-2H3. The Kier molecular flexibility index (Phi) is 6.58. The van der Waals surface area contributed by atoms with E-state index in [0.717, 1.165) is 29.2 Å². The van der Waals surface area contributed by atoms with Gasteiger partial charge in [0.15, 0.2) is 0 Å². The van der Waals surface area contributed by atoms with Gasteiger partial charge >= 0.3 is 0 Å². The molecule has 0 radical (unpaired) electrons. The summed E-state index contributed by atoms with van der Waals surface area (Å²) in [5, 5.41) is 3.31. The molecule has 1 aromatic heterocycles. The lowest BCUT2D eigenvalue weighted by atomic mass is 10.2. The molecular weight excluding hydrogens is 392 g/mol. The Hall–Kier alpha value is 0.400. The zero-order valence-electron chi connectivity index (χ0n) is 12.2. The van der Waals surface area contributed by atoms with Crippen LogP contribution in [0, 0.1) is 0 Å². The number of rotatable bonds is 6. The van der Waals surface area contributed by atoms with E-state index in [-0.39, 0.29) is 6.04 Å². The van der Waals surface area contributed by atoms with Crippen LogP contribution < -0.4 is 10.0 Å². The Morgan fingerprint density at radius 1 is 1.38 bits per heavy atom. The smallest absolute Gasteiger partial charge is 0.242 e. The number of thiophene rings is 1. The Labute approximate surface area is 143 Å². The molecule has 2 N–H and O–H groups in total. The van der Waals surface area contributed by atoms with E-state index in [0.29, 0.717) is 21.3 Å². The van der Waals surface area contributed by atoms with Crippen LogP contribution in [0.25, 0.3) is 0 Å². The van der Waals surface area contributed by atoms with Gasteiger partial charge in [0.1, 0.15) is 4.90 Å². The van der Waals surface area contributed by atoms with Crippen molar-refractivity contribution in [2.75, 3.05) is 11.5 Å². The van der Waals surface area contributed by atoms with Crippen LogP contribution in [0.3, 0.4) is 0 Å². The van der Waals surface area contributed by atoms with Gasteiger partial charge in [-0.15, -0.1) is 11.3 Å². The summed E-state index contributed by atoms with van der Waals surface area (Å²) in [4.78, 5) is 1.39. The highest BCUT2D eigenvalue weighted by atomic mass is 79.9. The Balaban J connectivity index is 2.08. The molecule has 4 nitrogen and oxygen atoms in total. The van der Waals surface area contributed by atoms with Crippen LogP contribution in [0.5, 0.6) is 0 Å². The molecule has 2 rings (SSSR count). The summed E-state index contributed by atoms with van der Waals surface area (Å²) in [6, 6.07) is 2.22. The van der Waals surface area contributed by atoms with Crippen molar-refractivity contribution in [3.05, 3.63) is 14.7 Å². The third kappa shape index (κ3) is 5.21. The molecule has 8 heteroatoms. The summed E-state index contributed by atoms with van der Waals surface area (Å²) in [6.45, 7) is 4.84. The van der Waals surface area contributed by atoms with E-state index < -0.39 is 10.0 Å². The second-order valence-corrected chi connectivity index (χ2v) is 10.8. The van der Waals surface area contributed by atoms with E-state index in [1.54, 1.807) is 6.07 Å². The first-order chi connectivity index (χ1) is 9.88. The SMILES string of the molecule is CC(C)NCc1cc(S(=O)(=O)NC2CCSCC2)c(Br)s1. The number of sulfonamides is 1. The number of hydrogen-bond acceptors (Lipinski definition) is 5. The second-order valence-electron chi connectivity index (χ2n) is 5.39. The van der Waals surface area contributed by atoms with Crippen LogP contribution in [-0.2, 0) is 16.6 Å². The van der Waals surface area contributed by atoms with Crippen molar-refractivity contribution in [2.45, 2.75) is 50.2 Å². The summed E-state index contributed by atoms with van der Waals surface area (Å²) >= 11 is 6.76. The zero-order chi connectivity index (χ0) is 15.5. The first-order valence-electron chi connectivity index (χ1n) is 7.00. The quantitative estimate of drug-likeness (QED) is 0.752. The Morgan fingerprint density at radius 2 is 2.05 bits per heavy atom. The second kappa shape index (κ2) is 7.79. The van der Waals surface area contributed by atoms with Crippen LogP contribution >= 0.6 is 39.0 Å². The van der Waals surface area contributed by atoms with Crippen molar-refractivity contribution in [2.24, 2.45) is 0 Å². The van der Waals surface area contributed by atoms with Gasteiger partial charge in [-0.1, -0.05) is 13.8 Å². The first kappa shape index (κ1) is 17.7. The molecule has 0 aliphatic carbocycles. The molecule has 0 bridgehead atoms. The fraction of sp³-hybridized carbons (Fsp3) is 0.692. The summed E-state index contributed by atoms with van der Waals surface area (Å²) in [5.41, 5.74) is 0. The molecule has 120 valence electrons. The maximum atomic E-state index is 12.5. The molecule has 1 fully saturated rings. The van der Waals surface area contributed by atoms with Crippen molar-refractivity contribution < 1.29 is 8.42 Å². The molecule has 21 heavy (non-hydrogen) atoms. The molecule has 2 heterocycles. The van der Waals surface area contributed by atoms with Crippen LogP contribution in [0.1, 0.15) is 31.6 Å². The average Bonchev–Trinajstić information content (AvgIpc) is 2.79. The lowest BCUT2D eigenvalue weighted by Crippen LogP contribution is -2.37. The molecular formula is C13H21BrN2O2S3. The minimum Gasteiger partial charge on any atom is -0.310 e. The molecule has 0 saturated carbocycles. The topological polar surface area (TPSA) is 58.2 Å². The van der Waals surface area contributed by atoms with E-state index in [2.05, 4.69) is 39.8 Å². The lowest BCUT2D eigenvalue weighted by Gasteiger charge is -2.22. The summed E-state index contributed by atoms with van der Waals surface area (Å²) in [7, 11) is -3.43. The highest BCUT2D eigenvalue weighted by Gasteiger charge is 2.25. The van der Waals surface area contributed by atoms with Crippen LogP contribution in [0.15, 0.2) is 14.7 Å². The third-order valence-corrected chi connectivity index (χ3v) is 8.05. The molecule has 0 spiro atoms. The van der Waals surface area contributed by atoms with E-state index in [4.69, 9.17) is 0 Å². The van der Waals surface area contributed by atoms with Crippen molar-refractivity contribution in [1.82, 2.24) is 10.0 Å². The number of hydrogen-bond donors (Lipinski definition) is 2. The minimum absolute atomic E-state index is 0.0697. The van der Waals surface area contributed by atoms with E-state index in [1.807, 2.05) is 11.8 Å². The molecule has 1 aliphatic rings. The van der Waals surface area contributed by atoms with Gasteiger partial charge in [-0.2, -0.15) is 11.8 Å². The van der Waals surface area contributed by atoms with Crippen molar-refractivity contribution >= 4 is 49.1 Å². The molecule has 1 aliphatic heterocycles. The van der Waals surface area contributed by atoms with Gasteiger partial charge < -0.3 is 5.32 Å². The number of halogens is 1. The monoisotopic (exact) mass is 412 g/mol. The van der Waals surface area contributed by atoms with Crippen LogP contribution in [0.4, 0.5) is 0 Å². The predicted molar refractivity (Wildman–Crippen MR) is 94.7 cm³/mol. The van der Waals surface area contributed by atoms with Gasteiger partial charge in [0.25, 0.3) is 0 Å². The first-order valence-corrected chi connectivity index (χ1v) is 11.2. The van der Waals surface area contributed by atoms with Gasteiger partial charge in [-0.05, 0) is 46.3 Å². The van der Waals surface area contributed by atoms with E-state index in [1.165, 1.54) is 11.3 Å². The molecule has 1 saturated heterocycles. The van der Waals surface area contributed by atoms with Gasteiger partial charge in [0.05, 0.1) is 3.79 Å². The van der Waals surface area contributed by atoms with Gasteiger partial charge in [-0.3, -0.25) is 0 Å². The molecule has 0 aromatic carbocycles. The minimum atomic E-state index is -3.43. The molecule has 1 aromatic rings. The Bertz CT molecular complexity index is 566. The van der Waals surface area contributed by atoms with E-state index >= 15 is 0 Å². The molecule has 0 unspecified atom stereocenters. The fourth-order valence-corrected chi connectivity index (χ4v) is 7.12. The highest BCUT2D eigenvalue weighted by Crippen LogP contribution is 2.32. The number of thioether (sulfide) groups is 1. The predicted octanol–water partition coefficient (Wildman–Crippen LogP) is 3.18. The maximum Gasteiger partial charge on any atom is 0.242 e. The van der Waals surface area contributed by atoms with Gasteiger partial charge in [-0.25, -0.2) is 13.1 Å².